The molecule has 0 saturated carbocycles. The fourth-order valence-corrected chi connectivity index (χ4v) is 3.10. The molecule has 0 heterocycles. The Hall–Kier alpha value is -1.02. The molecule has 2 aromatic rings. The summed E-state index contributed by atoms with van der Waals surface area (Å²) in [5, 5.41) is 9.03. The molecule has 0 saturated heterocycles. The fourth-order valence-electron chi connectivity index (χ4n) is 1.52. The second-order valence-corrected chi connectivity index (χ2v) is 6.73. The summed E-state index contributed by atoms with van der Waals surface area (Å²) in [4.78, 5) is 2.15. The minimum atomic E-state index is 0.473. The van der Waals surface area contributed by atoms with Gasteiger partial charge in [0, 0.05) is 24.3 Å². The summed E-state index contributed by atoms with van der Waals surface area (Å²) < 4.78 is 1.99. The zero-order chi connectivity index (χ0) is 13.8. The number of halogens is 2. The standard InChI is InChI=1S/C15H9Br2NS/c1-10(9-18)14-8-12(17)4-7-15(14)19-13-5-2-11(16)3-6-13/h2-8H,1H2. The Bertz CT molecular complexity index is 657. The Morgan fingerprint density at radius 3 is 2.32 bits per heavy atom. The maximum absolute atomic E-state index is 9.03. The van der Waals surface area contributed by atoms with Crippen molar-refractivity contribution < 1.29 is 0 Å². The Balaban J connectivity index is 2.37. The summed E-state index contributed by atoms with van der Waals surface area (Å²) >= 11 is 8.46. The van der Waals surface area contributed by atoms with Crippen LogP contribution in [0.15, 0.2) is 67.8 Å². The molecule has 0 aliphatic rings. The minimum absolute atomic E-state index is 0.473. The molecule has 0 amide bonds. The Kier molecular flexibility index (Phi) is 4.87. The van der Waals surface area contributed by atoms with Crippen molar-refractivity contribution >= 4 is 49.2 Å². The highest BCUT2D eigenvalue weighted by molar-refractivity contribution is 9.10. The van der Waals surface area contributed by atoms with Gasteiger partial charge in [-0.25, -0.2) is 0 Å². The topological polar surface area (TPSA) is 23.8 Å². The minimum Gasteiger partial charge on any atom is -0.192 e. The van der Waals surface area contributed by atoms with Gasteiger partial charge < -0.3 is 0 Å². The largest absolute Gasteiger partial charge is 0.192 e. The van der Waals surface area contributed by atoms with Crippen LogP contribution in [0.25, 0.3) is 5.57 Å². The van der Waals surface area contributed by atoms with Crippen molar-refractivity contribution in [2.45, 2.75) is 9.79 Å². The van der Waals surface area contributed by atoms with E-state index in [1.807, 2.05) is 42.5 Å². The molecule has 0 radical (unpaired) electrons. The zero-order valence-corrected chi connectivity index (χ0v) is 13.8. The number of hydrogen-bond donors (Lipinski definition) is 0. The van der Waals surface area contributed by atoms with Gasteiger partial charge in [-0.1, -0.05) is 50.2 Å². The number of hydrogen-bond acceptors (Lipinski definition) is 2. The lowest BCUT2D eigenvalue weighted by atomic mass is 10.1. The van der Waals surface area contributed by atoms with Crippen LogP contribution in [0.5, 0.6) is 0 Å². The van der Waals surface area contributed by atoms with E-state index < -0.39 is 0 Å². The number of allylic oxidation sites excluding steroid dienone is 1. The molecule has 0 aliphatic carbocycles. The summed E-state index contributed by atoms with van der Waals surface area (Å²) in [6, 6.07) is 16.1. The summed E-state index contributed by atoms with van der Waals surface area (Å²) in [5.41, 5.74) is 1.34. The van der Waals surface area contributed by atoms with Crippen LogP contribution in [0.2, 0.25) is 0 Å². The average Bonchev–Trinajstić information content (AvgIpc) is 2.42. The van der Waals surface area contributed by atoms with Crippen LogP contribution in [0.4, 0.5) is 0 Å². The van der Waals surface area contributed by atoms with Crippen molar-refractivity contribution in [2.75, 3.05) is 0 Å². The van der Waals surface area contributed by atoms with E-state index in [0.29, 0.717) is 5.57 Å². The van der Waals surface area contributed by atoms with Gasteiger partial charge in [-0.15, -0.1) is 0 Å². The first kappa shape index (κ1) is 14.4. The van der Waals surface area contributed by atoms with Crippen molar-refractivity contribution in [1.29, 1.82) is 5.26 Å². The van der Waals surface area contributed by atoms with E-state index in [1.54, 1.807) is 11.8 Å². The van der Waals surface area contributed by atoms with Crippen LogP contribution in [-0.4, -0.2) is 0 Å². The molecular weight excluding hydrogens is 386 g/mol. The summed E-state index contributed by atoms with van der Waals surface area (Å²) in [5.74, 6) is 0. The van der Waals surface area contributed by atoms with E-state index in [1.165, 1.54) is 0 Å². The molecular formula is C15H9Br2NS. The highest BCUT2D eigenvalue weighted by atomic mass is 79.9. The van der Waals surface area contributed by atoms with E-state index in [2.05, 4.69) is 44.5 Å². The van der Waals surface area contributed by atoms with E-state index in [0.717, 1.165) is 24.3 Å². The van der Waals surface area contributed by atoms with Crippen molar-refractivity contribution in [3.63, 3.8) is 0 Å². The van der Waals surface area contributed by atoms with E-state index in [9.17, 15) is 0 Å². The third-order valence-corrected chi connectivity index (χ3v) is 4.55. The summed E-state index contributed by atoms with van der Waals surface area (Å²) in [6.07, 6.45) is 0. The monoisotopic (exact) mass is 393 g/mol. The number of nitriles is 1. The number of nitrogens with zero attached hydrogens (tertiary/aromatic N) is 1. The third kappa shape index (κ3) is 3.73. The van der Waals surface area contributed by atoms with Crippen molar-refractivity contribution in [3.8, 4) is 6.07 Å². The van der Waals surface area contributed by atoms with E-state index in [4.69, 9.17) is 5.26 Å². The molecule has 94 valence electrons. The normalized spacial score (nSPS) is 9.95. The molecule has 1 nitrogen and oxygen atoms in total. The second-order valence-electron chi connectivity index (χ2n) is 3.79. The number of benzene rings is 2. The maximum Gasteiger partial charge on any atom is 0.0992 e. The predicted octanol–water partition coefficient (Wildman–Crippen LogP) is 5.90. The van der Waals surface area contributed by atoms with Crippen LogP contribution < -0.4 is 0 Å². The Labute approximate surface area is 133 Å². The van der Waals surface area contributed by atoms with Crippen LogP contribution in [0.1, 0.15) is 5.56 Å². The molecule has 19 heavy (non-hydrogen) atoms. The fraction of sp³-hybridized carbons (Fsp3) is 0. The smallest absolute Gasteiger partial charge is 0.0992 e. The second kappa shape index (κ2) is 6.42. The lowest BCUT2D eigenvalue weighted by Crippen LogP contribution is -1.85. The SMILES string of the molecule is C=C(C#N)c1cc(Br)ccc1Sc1ccc(Br)cc1. The van der Waals surface area contributed by atoms with Gasteiger partial charge in [-0.3, -0.25) is 0 Å². The molecule has 0 bridgehead atoms. The van der Waals surface area contributed by atoms with Crippen molar-refractivity contribution in [1.82, 2.24) is 0 Å². The average molecular weight is 395 g/mol. The van der Waals surface area contributed by atoms with Crippen LogP contribution in [-0.2, 0) is 0 Å². The molecule has 4 heteroatoms. The highest BCUT2D eigenvalue weighted by Crippen LogP contribution is 2.35. The molecule has 0 aromatic heterocycles. The molecule has 0 N–H and O–H groups in total. The van der Waals surface area contributed by atoms with E-state index >= 15 is 0 Å². The molecule has 0 fully saturated rings. The zero-order valence-electron chi connectivity index (χ0n) is 9.86. The molecule has 0 atom stereocenters. The van der Waals surface area contributed by atoms with Crippen LogP contribution in [0, 0.1) is 11.3 Å². The highest BCUT2D eigenvalue weighted by Gasteiger charge is 2.08. The Morgan fingerprint density at radius 1 is 1.05 bits per heavy atom. The lowest BCUT2D eigenvalue weighted by Gasteiger charge is -2.08. The van der Waals surface area contributed by atoms with Crippen molar-refractivity contribution in [2.24, 2.45) is 0 Å². The molecule has 2 rings (SSSR count). The molecule has 0 spiro atoms. The van der Waals surface area contributed by atoms with Gasteiger partial charge in [0.25, 0.3) is 0 Å². The summed E-state index contributed by atoms with van der Waals surface area (Å²) in [7, 11) is 0. The van der Waals surface area contributed by atoms with Gasteiger partial charge in [0.05, 0.1) is 11.6 Å². The number of rotatable bonds is 3. The Morgan fingerprint density at radius 2 is 1.68 bits per heavy atom. The van der Waals surface area contributed by atoms with Gasteiger partial charge in [0.2, 0.25) is 0 Å². The van der Waals surface area contributed by atoms with Crippen LogP contribution in [0.3, 0.4) is 0 Å². The first-order chi connectivity index (χ1) is 9.10. The molecule has 0 unspecified atom stereocenters. The molecule has 0 aliphatic heterocycles. The van der Waals surface area contributed by atoms with Crippen LogP contribution >= 0.6 is 43.6 Å². The molecule has 2 aromatic carbocycles. The third-order valence-electron chi connectivity index (χ3n) is 2.44. The maximum atomic E-state index is 9.03. The quantitative estimate of drug-likeness (QED) is 0.605. The van der Waals surface area contributed by atoms with Gasteiger partial charge in [0.1, 0.15) is 0 Å². The van der Waals surface area contributed by atoms with Crippen molar-refractivity contribution in [3.05, 3.63) is 63.6 Å². The van der Waals surface area contributed by atoms with Gasteiger partial charge in [0.15, 0.2) is 0 Å². The van der Waals surface area contributed by atoms with E-state index in [-0.39, 0.29) is 0 Å². The van der Waals surface area contributed by atoms with Gasteiger partial charge in [-0.2, -0.15) is 5.26 Å². The van der Waals surface area contributed by atoms with Gasteiger partial charge >= 0.3 is 0 Å². The van der Waals surface area contributed by atoms with Gasteiger partial charge in [-0.05, 0) is 42.5 Å². The first-order valence-corrected chi connectivity index (χ1v) is 7.83. The predicted molar refractivity (Wildman–Crippen MR) is 87.1 cm³/mol. The summed E-state index contributed by atoms with van der Waals surface area (Å²) in [6.45, 7) is 3.80. The first-order valence-electron chi connectivity index (χ1n) is 5.42. The lowest BCUT2D eigenvalue weighted by molar-refractivity contribution is 1.36.